The molecule has 2 heterocycles. The zero-order valence-corrected chi connectivity index (χ0v) is 15.7. The molecule has 2 aliphatic rings. The van der Waals surface area contributed by atoms with Gasteiger partial charge in [0.1, 0.15) is 5.60 Å². The molecular formula is C18H23BrN2O2. The summed E-state index contributed by atoms with van der Waals surface area (Å²) in [6.45, 7) is 8.62. The second-order valence-corrected chi connectivity index (χ2v) is 8.46. The highest BCUT2D eigenvalue weighted by Gasteiger charge is 2.39. The lowest BCUT2D eigenvalue weighted by molar-refractivity contribution is 0.0260. The molecule has 1 amide bonds. The molecule has 0 radical (unpaired) electrons. The third-order valence-corrected chi connectivity index (χ3v) is 4.69. The van der Waals surface area contributed by atoms with Crippen LogP contribution in [0, 0.1) is 5.92 Å². The third-order valence-electron chi connectivity index (χ3n) is 4.20. The van der Waals surface area contributed by atoms with Gasteiger partial charge in [-0.1, -0.05) is 22.9 Å². The molecule has 0 N–H and O–H groups in total. The molecule has 0 bridgehead atoms. The smallest absolute Gasteiger partial charge is 0.410 e. The predicted molar refractivity (Wildman–Crippen MR) is 95.5 cm³/mol. The quantitative estimate of drug-likeness (QED) is 0.708. The first-order valence-electron chi connectivity index (χ1n) is 8.08. The van der Waals surface area contributed by atoms with E-state index in [2.05, 4.69) is 28.9 Å². The van der Waals surface area contributed by atoms with E-state index in [-0.39, 0.29) is 12.1 Å². The molecule has 0 aliphatic carbocycles. The Balaban J connectivity index is 1.80. The van der Waals surface area contributed by atoms with Gasteiger partial charge in [0.15, 0.2) is 0 Å². The Hall–Kier alpha value is -1.36. The fraction of sp³-hybridized carbons (Fsp3) is 0.556. The molecule has 2 atom stereocenters. The lowest BCUT2D eigenvalue weighted by Gasteiger charge is -2.28. The van der Waals surface area contributed by atoms with E-state index in [0.29, 0.717) is 5.92 Å². The normalized spacial score (nSPS) is 23.7. The number of ether oxygens (including phenoxy) is 1. The molecular weight excluding hydrogens is 356 g/mol. The second kappa shape index (κ2) is 5.93. The van der Waals surface area contributed by atoms with E-state index in [1.165, 1.54) is 5.56 Å². The van der Waals surface area contributed by atoms with Gasteiger partial charge in [-0.15, -0.1) is 0 Å². The maximum absolute atomic E-state index is 12.5. The third kappa shape index (κ3) is 3.60. The number of fused-ring (bicyclic) bond motifs is 1. The first kappa shape index (κ1) is 16.5. The van der Waals surface area contributed by atoms with E-state index < -0.39 is 5.60 Å². The number of likely N-dealkylation sites (tertiary alicyclic amines) is 1. The number of hydrogen-bond acceptors (Lipinski definition) is 3. The van der Waals surface area contributed by atoms with Crippen LogP contribution in [0.1, 0.15) is 39.7 Å². The van der Waals surface area contributed by atoms with Crippen molar-refractivity contribution in [2.45, 2.75) is 52.2 Å². The number of hydrogen-bond donors (Lipinski definition) is 0. The van der Waals surface area contributed by atoms with Crippen LogP contribution in [-0.4, -0.2) is 34.9 Å². The van der Waals surface area contributed by atoms with Crippen LogP contribution in [0.2, 0.25) is 0 Å². The van der Waals surface area contributed by atoms with Gasteiger partial charge >= 0.3 is 6.09 Å². The fourth-order valence-corrected chi connectivity index (χ4v) is 3.68. The molecule has 5 heteroatoms. The molecule has 0 spiro atoms. The van der Waals surface area contributed by atoms with Gasteiger partial charge in [0.05, 0.1) is 11.7 Å². The van der Waals surface area contributed by atoms with Crippen molar-refractivity contribution in [3.05, 3.63) is 28.2 Å². The van der Waals surface area contributed by atoms with Crippen molar-refractivity contribution in [1.29, 1.82) is 0 Å². The van der Waals surface area contributed by atoms with Crippen LogP contribution in [0.25, 0.3) is 0 Å². The van der Waals surface area contributed by atoms with Crippen molar-refractivity contribution in [2.24, 2.45) is 10.9 Å². The molecule has 124 valence electrons. The zero-order valence-electron chi connectivity index (χ0n) is 14.1. The highest BCUT2D eigenvalue weighted by molar-refractivity contribution is 9.10. The van der Waals surface area contributed by atoms with E-state index >= 15 is 0 Å². The van der Waals surface area contributed by atoms with Crippen LogP contribution >= 0.6 is 15.9 Å². The summed E-state index contributed by atoms with van der Waals surface area (Å²) in [6.07, 6.45) is 1.53. The van der Waals surface area contributed by atoms with Crippen LogP contribution in [0.3, 0.4) is 0 Å². The van der Waals surface area contributed by atoms with E-state index in [4.69, 9.17) is 9.73 Å². The molecule has 0 aromatic heterocycles. The van der Waals surface area contributed by atoms with E-state index in [1.807, 2.05) is 37.8 Å². The van der Waals surface area contributed by atoms with Crippen LogP contribution in [0.5, 0.6) is 0 Å². The van der Waals surface area contributed by atoms with Crippen molar-refractivity contribution in [3.8, 4) is 0 Å². The maximum Gasteiger partial charge on any atom is 0.410 e. The Morgan fingerprint density at radius 3 is 2.83 bits per heavy atom. The molecule has 3 rings (SSSR count). The van der Waals surface area contributed by atoms with Gasteiger partial charge in [0.2, 0.25) is 0 Å². The summed E-state index contributed by atoms with van der Waals surface area (Å²) in [5, 5.41) is 0. The molecule has 1 aromatic carbocycles. The topological polar surface area (TPSA) is 41.9 Å². The number of halogens is 1. The Bertz CT molecular complexity index is 663. The zero-order chi connectivity index (χ0) is 16.8. The van der Waals surface area contributed by atoms with Gasteiger partial charge in [0.25, 0.3) is 0 Å². The average Bonchev–Trinajstić information content (AvgIpc) is 2.99. The van der Waals surface area contributed by atoms with Crippen molar-refractivity contribution in [1.82, 2.24) is 4.90 Å². The van der Waals surface area contributed by atoms with Crippen LogP contribution in [-0.2, 0) is 11.2 Å². The maximum atomic E-state index is 12.5. The first-order valence-corrected chi connectivity index (χ1v) is 8.88. The first-order chi connectivity index (χ1) is 10.7. The number of rotatable bonds is 1. The van der Waals surface area contributed by atoms with Gasteiger partial charge in [-0.05, 0) is 56.9 Å². The summed E-state index contributed by atoms with van der Waals surface area (Å²) in [5.74, 6) is 0.464. The molecule has 1 aromatic rings. The lowest BCUT2D eigenvalue weighted by atomic mass is 10.0. The Morgan fingerprint density at radius 1 is 1.39 bits per heavy atom. The minimum Gasteiger partial charge on any atom is -0.444 e. The van der Waals surface area contributed by atoms with E-state index in [0.717, 1.165) is 35.3 Å². The largest absolute Gasteiger partial charge is 0.444 e. The molecule has 23 heavy (non-hydrogen) atoms. The van der Waals surface area contributed by atoms with Gasteiger partial charge in [-0.25, -0.2) is 4.79 Å². The number of benzene rings is 1. The summed E-state index contributed by atoms with van der Waals surface area (Å²) in [6, 6.07) is 6.20. The summed E-state index contributed by atoms with van der Waals surface area (Å²) < 4.78 is 6.65. The average molecular weight is 379 g/mol. The highest BCUT2D eigenvalue weighted by atomic mass is 79.9. The number of carbonyl (C=O) groups excluding carboxylic acids is 1. The number of nitrogens with zero attached hydrogens (tertiary/aromatic N) is 2. The van der Waals surface area contributed by atoms with Crippen LogP contribution < -0.4 is 0 Å². The fourth-order valence-electron chi connectivity index (χ4n) is 3.27. The highest BCUT2D eigenvalue weighted by Crippen LogP contribution is 2.34. The van der Waals surface area contributed by atoms with Gasteiger partial charge in [-0.2, -0.15) is 0 Å². The lowest BCUT2D eigenvalue weighted by Crippen LogP contribution is -2.43. The van der Waals surface area contributed by atoms with E-state index in [1.54, 1.807) is 0 Å². The predicted octanol–water partition coefficient (Wildman–Crippen LogP) is 4.72. The van der Waals surface area contributed by atoms with Crippen molar-refractivity contribution >= 4 is 33.4 Å². The van der Waals surface area contributed by atoms with E-state index in [9.17, 15) is 4.79 Å². The molecule has 4 nitrogen and oxygen atoms in total. The number of amides is 1. The van der Waals surface area contributed by atoms with Gasteiger partial charge < -0.3 is 4.74 Å². The Morgan fingerprint density at radius 2 is 2.13 bits per heavy atom. The van der Waals surface area contributed by atoms with Crippen molar-refractivity contribution in [3.63, 3.8) is 0 Å². The van der Waals surface area contributed by atoms with Gasteiger partial charge in [-0.3, -0.25) is 9.89 Å². The molecule has 1 saturated heterocycles. The minimum atomic E-state index is -0.473. The monoisotopic (exact) mass is 378 g/mol. The molecule has 2 aliphatic heterocycles. The second-order valence-electron chi connectivity index (χ2n) is 7.54. The number of aliphatic imine (C=N–C) groups is 1. The SMILES string of the molecule is C[C@H]1C[C@@H](C2=Nc3ccc(Br)cc3C2)N(C(=O)OC(C)(C)C)C1. The van der Waals surface area contributed by atoms with Crippen LogP contribution in [0.15, 0.2) is 27.7 Å². The van der Waals surface area contributed by atoms with Crippen LogP contribution in [0.4, 0.5) is 10.5 Å². The van der Waals surface area contributed by atoms with Crippen molar-refractivity contribution in [2.75, 3.05) is 6.54 Å². The summed E-state index contributed by atoms with van der Waals surface area (Å²) >= 11 is 3.51. The minimum absolute atomic E-state index is 0.0472. The van der Waals surface area contributed by atoms with Gasteiger partial charge in [0, 0.05) is 23.1 Å². The summed E-state index contributed by atoms with van der Waals surface area (Å²) in [4.78, 5) is 19.2. The molecule has 0 saturated carbocycles. The summed E-state index contributed by atoms with van der Waals surface area (Å²) in [7, 11) is 0. The Labute approximate surface area is 146 Å². The Kier molecular flexibility index (Phi) is 4.25. The standard InChI is InChI=1S/C18H23BrN2O2/c1-11-7-16(21(10-11)17(22)23-18(2,3)4)15-9-12-8-13(19)5-6-14(12)20-15/h5-6,8,11,16H,7,9-10H2,1-4H3/t11-,16-/m0/s1. The molecule has 1 fully saturated rings. The summed E-state index contributed by atoms with van der Waals surface area (Å²) in [5.41, 5.74) is 2.84. The van der Waals surface area contributed by atoms with Crippen molar-refractivity contribution < 1.29 is 9.53 Å². The molecule has 0 unspecified atom stereocenters. The number of carbonyl (C=O) groups is 1.